The predicted molar refractivity (Wildman–Crippen MR) is 72.6 cm³/mol. The van der Waals surface area contributed by atoms with Crippen LogP contribution in [0.1, 0.15) is 10.4 Å². The largest absolute Gasteiger partial charge is 0.336 e. The van der Waals surface area contributed by atoms with Gasteiger partial charge in [-0.2, -0.15) is 0 Å². The molecular weight excluding hydrogens is 304 g/mol. The van der Waals surface area contributed by atoms with Crippen LogP contribution in [-0.2, 0) is 0 Å². The van der Waals surface area contributed by atoms with Crippen molar-refractivity contribution in [1.82, 2.24) is 9.80 Å². The number of piperazine rings is 1. The molecule has 1 aromatic rings. The van der Waals surface area contributed by atoms with Gasteiger partial charge in [0.2, 0.25) is 0 Å². The molecular formula is C12H14BrClN2O. The summed E-state index contributed by atoms with van der Waals surface area (Å²) in [5.41, 5.74) is 0.575. The van der Waals surface area contributed by atoms with Crippen LogP contribution < -0.4 is 0 Å². The lowest BCUT2D eigenvalue weighted by Gasteiger charge is -2.32. The Morgan fingerprint density at radius 2 is 1.94 bits per heavy atom. The van der Waals surface area contributed by atoms with Gasteiger partial charge in [-0.25, -0.2) is 0 Å². The molecule has 0 saturated carbocycles. The zero-order valence-corrected chi connectivity index (χ0v) is 12.0. The van der Waals surface area contributed by atoms with Crippen LogP contribution in [0.15, 0.2) is 22.7 Å². The summed E-state index contributed by atoms with van der Waals surface area (Å²) in [4.78, 5) is 16.4. The van der Waals surface area contributed by atoms with E-state index < -0.39 is 0 Å². The molecule has 1 amide bonds. The summed E-state index contributed by atoms with van der Waals surface area (Å²) >= 11 is 9.47. The molecule has 3 nitrogen and oxygen atoms in total. The Hall–Kier alpha value is -0.580. The summed E-state index contributed by atoms with van der Waals surface area (Å²) in [5.74, 6) is 0.0180. The minimum atomic E-state index is 0.0180. The van der Waals surface area contributed by atoms with Crippen molar-refractivity contribution in [2.45, 2.75) is 0 Å². The second kappa shape index (κ2) is 5.38. The van der Waals surface area contributed by atoms with Crippen molar-refractivity contribution in [3.8, 4) is 0 Å². The molecule has 0 atom stereocenters. The van der Waals surface area contributed by atoms with Crippen LogP contribution in [0.5, 0.6) is 0 Å². The maximum absolute atomic E-state index is 12.3. The maximum Gasteiger partial charge on any atom is 0.255 e. The van der Waals surface area contributed by atoms with Gasteiger partial charge >= 0.3 is 0 Å². The summed E-state index contributed by atoms with van der Waals surface area (Å²) in [6.07, 6.45) is 0. The molecule has 0 radical (unpaired) electrons. The van der Waals surface area contributed by atoms with Crippen molar-refractivity contribution >= 4 is 33.4 Å². The molecule has 1 heterocycles. The zero-order valence-electron chi connectivity index (χ0n) is 9.62. The molecule has 0 bridgehead atoms. The topological polar surface area (TPSA) is 23.6 Å². The molecule has 1 fully saturated rings. The number of hydrogen-bond donors (Lipinski definition) is 0. The number of carbonyl (C=O) groups is 1. The summed E-state index contributed by atoms with van der Waals surface area (Å²) in [7, 11) is 2.06. The minimum Gasteiger partial charge on any atom is -0.336 e. The van der Waals surface area contributed by atoms with Gasteiger partial charge in [0, 0.05) is 30.7 Å². The third-order valence-corrected chi connectivity index (χ3v) is 4.27. The fourth-order valence-corrected chi connectivity index (χ4v) is 2.42. The van der Waals surface area contributed by atoms with Crippen LogP contribution in [0, 0.1) is 0 Å². The maximum atomic E-state index is 12.3. The van der Waals surface area contributed by atoms with E-state index in [-0.39, 0.29) is 5.91 Å². The molecule has 1 saturated heterocycles. The first-order valence-electron chi connectivity index (χ1n) is 5.51. The standard InChI is InChI=1S/C12H14BrClN2O/c1-15-5-7-16(8-6-15)12(17)9-3-2-4-10(13)11(9)14/h2-4H,5-8H2,1H3. The number of halogens is 2. The van der Waals surface area contributed by atoms with Gasteiger partial charge in [0.25, 0.3) is 5.91 Å². The molecule has 0 unspecified atom stereocenters. The van der Waals surface area contributed by atoms with Gasteiger partial charge in [-0.1, -0.05) is 17.7 Å². The lowest BCUT2D eigenvalue weighted by Crippen LogP contribution is -2.47. The van der Waals surface area contributed by atoms with E-state index in [0.29, 0.717) is 10.6 Å². The number of likely N-dealkylation sites (N-methyl/N-ethyl adjacent to an activating group) is 1. The zero-order chi connectivity index (χ0) is 12.4. The predicted octanol–water partition coefficient (Wildman–Crippen LogP) is 2.49. The average Bonchev–Trinajstić information content (AvgIpc) is 2.33. The number of hydrogen-bond acceptors (Lipinski definition) is 2. The Kier molecular flexibility index (Phi) is 4.07. The number of amides is 1. The van der Waals surface area contributed by atoms with Crippen molar-refractivity contribution in [2.24, 2.45) is 0 Å². The van der Waals surface area contributed by atoms with E-state index in [1.165, 1.54) is 0 Å². The molecule has 5 heteroatoms. The van der Waals surface area contributed by atoms with E-state index in [1.54, 1.807) is 6.07 Å². The summed E-state index contributed by atoms with van der Waals surface area (Å²) < 4.78 is 0.763. The second-order valence-electron chi connectivity index (χ2n) is 4.20. The first kappa shape index (κ1) is 12.9. The highest BCUT2D eigenvalue weighted by molar-refractivity contribution is 9.10. The summed E-state index contributed by atoms with van der Waals surface area (Å²) in [6.45, 7) is 3.35. The third kappa shape index (κ3) is 2.81. The third-order valence-electron chi connectivity index (χ3n) is 2.97. The number of rotatable bonds is 1. The Morgan fingerprint density at radius 1 is 1.29 bits per heavy atom. The number of benzene rings is 1. The molecule has 0 N–H and O–H groups in total. The van der Waals surface area contributed by atoms with Gasteiger partial charge in [0.1, 0.15) is 0 Å². The van der Waals surface area contributed by atoms with Gasteiger partial charge in [-0.05, 0) is 35.1 Å². The Balaban J connectivity index is 2.17. The molecule has 0 aliphatic carbocycles. The Morgan fingerprint density at radius 3 is 2.59 bits per heavy atom. The molecule has 0 spiro atoms. The normalized spacial score (nSPS) is 17.2. The quantitative estimate of drug-likeness (QED) is 0.794. The van der Waals surface area contributed by atoms with Crippen LogP contribution in [0.2, 0.25) is 5.02 Å². The molecule has 1 aliphatic rings. The molecule has 92 valence electrons. The van der Waals surface area contributed by atoms with E-state index >= 15 is 0 Å². The van der Waals surface area contributed by atoms with E-state index in [1.807, 2.05) is 17.0 Å². The Labute approximate surface area is 114 Å². The lowest BCUT2D eigenvalue weighted by molar-refractivity contribution is 0.0664. The first-order valence-corrected chi connectivity index (χ1v) is 6.68. The first-order chi connectivity index (χ1) is 8.09. The fraction of sp³-hybridized carbons (Fsp3) is 0.417. The van der Waals surface area contributed by atoms with Crippen molar-refractivity contribution in [2.75, 3.05) is 33.2 Å². The molecule has 2 rings (SSSR count). The highest BCUT2D eigenvalue weighted by Gasteiger charge is 2.22. The summed E-state index contributed by atoms with van der Waals surface area (Å²) in [5, 5.41) is 0.497. The van der Waals surface area contributed by atoms with Crippen LogP contribution in [-0.4, -0.2) is 48.9 Å². The molecule has 17 heavy (non-hydrogen) atoms. The van der Waals surface area contributed by atoms with Gasteiger partial charge in [-0.3, -0.25) is 4.79 Å². The van der Waals surface area contributed by atoms with Crippen molar-refractivity contribution in [1.29, 1.82) is 0 Å². The molecule has 1 aliphatic heterocycles. The highest BCUT2D eigenvalue weighted by Crippen LogP contribution is 2.27. The van der Waals surface area contributed by atoms with Gasteiger partial charge in [-0.15, -0.1) is 0 Å². The van der Waals surface area contributed by atoms with E-state index in [4.69, 9.17) is 11.6 Å². The van der Waals surface area contributed by atoms with Crippen LogP contribution in [0.3, 0.4) is 0 Å². The van der Waals surface area contributed by atoms with E-state index in [0.717, 1.165) is 30.7 Å². The summed E-state index contributed by atoms with van der Waals surface area (Å²) in [6, 6.07) is 5.44. The average molecular weight is 318 g/mol. The highest BCUT2D eigenvalue weighted by atomic mass is 79.9. The van der Waals surface area contributed by atoms with Crippen molar-refractivity contribution < 1.29 is 4.79 Å². The van der Waals surface area contributed by atoms with Crippen molar-refractivity contribution in [3.05, 3.63) is 33.3 Å². The number of carbonyl (C=O) groups excluding carboxylic acids is 1. The fourth-order valence-electron chi connectivity index (χ4n) is 1.85. The van der Waals surface area contributed by atoms with Gasteiger partial charge in [0.05, 0.1) is 10.6 Å². The second-order valence-corrected chi connectivity index (χ2v) is 5.43. The smallest absolute Gasteiger partial charge is 0.255 e. The van der Waals surface area contributed by atoms with Gasteiger partial charge in [0.15, 0.2) is 0 Å². The van der Waals surface area contributed by atoms with E-state index in [2.05, 4.69) is 27.9 Å². The van der Waals surface area contributed by atoms with Crippen molar-refractivity contribution in [3.63, 3.8) is 0 Å². The monoisotopic (exact) mass is 316 g/mol. The molecule has 1 aromatic carbocycles. The van der Waals surface area contributed by atoms with E-state index in [9.17, 15) is 4.79 Å². The lowest BCUT2D eigenvalue weighted by atomic mass is 10.2. The number of nitrogens with zero attached hydrogens (tertiary/aromatic N) is 2. The SMILES string of the molecule is CN1CCN(C(=O)c2cccc(Br)c2Cl)CC1. The van der Waals surface area contributed by atoms with Crippen LogP contribution >= 0.6 is 27.5 Å². The van der Waals surface area contributed by atoms with Crippen LogP contribution in [0.25, 0.3) is 0 Å². The minimum absolute atomic E-state index is 0.0180. The van der Waals surface area contributed by atoms with Crippen LogP contribution in [0.4, 0.5) is 0 Å². The Bertz CT molecular complexity index is 431. The molecule has 0 aromatic heterocycles. The van der Waals surface area contributed by atoms with Gasteiger partial charge < -0.3 is 9.80 Å².